The van der Waals surface area contributed by atoms with Gasteiger partial charge in [0.05, 0.1) is 18.4 Å². The third-order valence-corrected chi connectivity index (χ3v) is 5.83. The van der Waals surface area contributed by atoms with Crippen molar-refractivity contribution in [1.82, 2.24) is 20.8 Å². The molecule has 3 N–H and O–H groups in total. The van der Waals surface area contributed by atoms with E-state index in [4.69, 9.17) is 4.52 Å². The fourth-order valence-electron chi connectivity index (χ4n) is 4.05. The molecule has 2 aromatic heterocycles. The number of rotatable bonds is 7. The summed E-state index contributed by atoms with van der Waals surface area (Å²) in [5.41, 5.74) is 3.53. The van der Waals surface area contributed by atoms with Crippen LogP contribution < -0.4 is 10.6 Å². The number of amides is 1. The summed E-state index contributed by atoms with van der Waals surface area (Å²) in [5.74, 6) is 0.133. The number of aryl methyl sites for hydroxylation is 1. The molecule has 4 aromatic rings. The zero-order valence-corrected chi connectivity index (χ0v) is 18.1. The van der Waals surface area contributed by atoms with Crippen LogP contribution in [0.15, 0.2) is 64.2 Å². The third-order valence-electron chi connectivity index (χ3n) is 5.83. The molecule has 1 atom stereocenters. The Morgan fingerprint density at radius 2 is 2.03 bits per heavy atom. The van der Waals surface area contributed by atoms with Gasteiger partial charge in [-0.1, -0.05) is 41.6 Å². The van der Waals surface area contributed by atoms with E-state index in [0.29, 0.717) is 40.2 Å². The van der Waals surface area contributed by atoms with Crippen LogP contribution in [0.1, 0.15) is 38.5 Å². The molecule has 1 aliphatic heterocycles. The van der Waals surface area contributed by atoms with E-state index >= 15 is 0 Å². The van der Waals surface area contributed by atoms with E-state index in [1.165, 1.54) is 0 Å². The van der Waals surface area contributed by atoms with Crippen molar-refractivity contribution in [2.75, 3.05) is 13.1 Å². The number of nitrogens with zero attached hydrogens (tertiary/aromatic N) is 2. The predicted octanol–water partition coefficient (Wildman–Crippen LogP) is 3.48. The maximum absolute atomic E-state index is 13.5. The number of aromatic nitrogens is 2. The van der Waals surface area contributed by atoms with Gasteiger partial charge in [-0.05, 0) is 25.5 Å². The fourth-order valence-corrected chi connectivity index (χ4v) is 4.05. The van der Waals surface area contributed by atoms with Crippen LogP contribution in [-0.4, -0.2) is 47.3 Å². The van der Waals surface area contributed by atoms with E-state index < -0.39 is 0 Å². The maximum Gasteiger partial charge on any atom is 0.251 e. The SMILES string of the molecule is Cc1onc(-c2ccccc2)c1C(=O)c1c[nH]c2cc(C(=O)NCCC3CN=CN3)ccc12. The van der Waals surface area contributed by atoms with Crippen LogP contribution in [0, 0.1) is 6.92 Å². The van der Waals surface area contributed by atoms with Crippen molar-refractivity contribution in [3.63, 3.8) is 0 Å². The van der Waals surface area contributed by atoms with Crippen molar-refractivity contribution >= 4 is 28.9 Å². The summed E-state index contributed by atoms with van der Waals surface area (Å²) in [6.45, 7) is 3.03. The Morgan fingerprint density at radius 1 is 1.18 bits per heavy atom. The molecule has 5 rings (SSSR count). The summed E-state index contributed by atoms with van der Waals surface area (Å²) < 4.78 is 5.36. The standard InChI is InChI=1S/C25H23N5O3/c1-15-22(23(30-33-15)16-5-3-2-4-6-16)24(31)20-13-28-21-11-17(7-8-19(20)21)25(32)27-10-9-18-12-26-14-29-18/h2-8,11,13-14,18,28H,9-10,12H2,1H3,(H,26,29)(H,27,32). The number of benzene rings is 2. The number of H-pyrrole nitrogens is 1. The number of carbonyl (C=O) groups is 2. The fraction of sp³-hybridized carbons (Fsp3) is 0.200. The van der Waals surface area contributed by atoms with E-state index in [1.807, 2.05) is 30.3 Å². The van der Waals surface area contributed by atoms with Gasteiger partial charge in [0.2, 0.25) is 5.78 Å². The van der Waals surface area contributed by atoms with Gasteiger partial charge in [-0.15, -0.1) is 0 Å². The number of carbonyl (C=O) groups excluding carboxylic acids is 2. The van der Waals surface area contributed by atoms with Crippen LogP contribution in [-0.2, 0) is 0 Å². The molecule has 1 amide bonds. The second kappa shape index (κ2) is 8.74. The molecule has 1 unspecified atom stereocenters. The van der Waals surface area contributed by atoms with Gasteiger partial charge >= 0.3 is 0 Å². The molecule has 0 spiro atoms. The smallest absolute Gasteiger partial charge is 0.251 e. The monoisotopic (exact) mass is 441 g/mol. The second-order valence-corrected chi connectivity index (χ2v) is 8.02. The lowest BCUT2D eigenvalue weighted by molar-refractivity contribution is 0.0952. The molecule has 1 aliphatic rings. The number of nitrogens with one attached hydrogen (secondary N) is 3. The van der Waals surface area contributed by atoms with Crippen LogP contribution in [0.25, 0.3) is 22.2 Å². The highest BCUT2D eigenvalue weighted by Gasteiger charge is 2.25. The summed E-state index contributed by atoms with van der Waals surface area (Å²) >= 11 is 0. The Morgan fingerprint density at radius 3 is 2.82 bits per heavy atom. The van der Waals surface area contributed by atoms with E-state index in [0.717, 1.165) is 23.9 Å². The Labute approximate surface area is 190 Å². The third kappa shape index (κ3) is 4.03. The predicted molar refractivity (Wildman–Crippen MR) is 126 cm³/mol. The van der Waals surface area contributed by atoms with E-state index in [9.17, 15) is 9.59 Å². The van der Waals surface area contributed by atoms with Crippen LogP contribution in [0.4, 0.5) is 0 Å². The molecule has 2 aromatic carbocycles. The van der Waals surface area contributed by atoms with Crippen molar-refractivity contribution < 1.29 is 14.1 Å². The first kappa shape index (κ1) is 20.7. The minimum Gasteiger partial charge on any atom is -0.372 e. The lowest BCUT2D eigenvalue weighted by Gasteiger charge is -2.10. The average Bonchev–Trinajstić information content (AvgIpc) is 3.58. The van der Waals surface area contributed by atoms with Crippen molar-refractivity contribution in [1.29, 1.82) is 0 Å². The van der Waals surface area contributed by atoms with Crippen LogP contribution in [0.5, 0.6) is 0 Å². The van der Waals surface area contributed by atoms with Gasteiger partial charge in [0.25, 0.3) is 5.91 Å². The van der Waals surface area contributed by atoms with Gasteiger partial charge in [0.1, 0.15) is 11.5 Å². The Balaban J connectivity index is 1.37. The van der Waals surface area contributed by atoms with Gasteiger partial charge in [0.15, 0.2) is 0 Å². The minimum absolute atomic E-state index is 0.153. The van der Waals surface area contributed by atoms with Gasteiger partial charge in [-0.3, -0.25) is 14.6 Å². The van der Waals surface area contributed by atoms with E-state index in [2.05, 4.69) is 25.8 Å². The Hall–Kier alpha value is -4.20. The summed E-state index contributed by atoms with van der Waals surface area (Å²) in [7, 11) is 0. The van der Waals surface area contributed by atoms with Gasteiger partial charge in [-0.2, -0.15) is 0 Å². The molecular weight excluding hydrogens is 418 g/mol. The molecule has 0 saturated carbocycles. The molecular formula is C25H23N5O3. The number of aromatic amines is 1. The molecule has 0 fully saturated rings. The van der Waals surface area contributed by atoms with Gasteiger partial charge in [-0.25, -0.2) is 0 Å². The zero-order valence-electron chi connectivity index (χ0n) is 18.1. The first-order valence-electron chi connectivity index (χ1n) is 10.8. The molecule has 0 radical (unpaired) electrons. The molecule has 8 nitrogen and oxygen atoms in total. The van der Waals surface area contributed by atoms with Crippen LogP contribution >= 0.6 is 0 Å². The second-order valence-electron chi connectivity index (χ2n) is 8.02. The number of hydrogen-bond acceptors (Lipinski definition) is 6. The maximum atomic E-state index is 13.5. The van der Waals surface area contributed by atoms with Crippen molar-refractivity contribution in [2.24, 2.45) is 4.99 Å². The lowest BCUT2D eigenvalue weighted by atomic mass is 9.97. The molecule has 0 bridgehead atoms. The van der Waals surface area contributed by atoms with E-state index in [-0.39, 0.29) is 17.7 Å². The average molecular weight is 441 g/mol. The van der Waals surface area contributed by atoms with Crippen LogP contribution in [0.3, 0.4) is 0 Å². The molecule has 8 heteroatoms. The minimum atomic E-state index is -0.178. The summed E-state index contributed by atoms with van der Waals surface area (Å²) in [6, 6.07) is 15.0. The molecule has 0 saturated heterocycles. The Kier molecular flexibility index (Phi) is 5.48. The topological polar surface area (TPSA) is 112 Å². The normalized spacial score (nSPS) is 15.0. The quantitative estimate of drug-likeness (QED) is 0.380. The van der Waals surface area contributed by atoms with Gasteiger partial charge < -0.3 is 20.1 Å². The van der Waals surface area contributed by atoms with Gasteiger partial charge in [0, 0.05) is 46.4 Å². The number of ketones is 1. The summed E-state index contributed by atoms with van der Waals surface area (Å²) in [5, 5.41) is 10.9. The first-order valence-corrected chi connectivity index (χ1v) is 10.8. The van der Waals surface area contributed by atoms with Crippen molar-refractivity contribution in [2.45, 2.75) is 19.4 Å². The highest BCUT2D eigenvalue weighted by molar-refractivity contribution is 6.19. The highest BCUT2D eigenvalue weighted by Crippen LogP contribution is 2.30. The largest absolute Gasteiger partial charge is 0.372 e. The molecule has 3 heterocycles. The number of hydrogen-bond donors (Lipinski definition) is 3. The summed E-state index contributed by atoms with van der Waals surface area (Å²) in [6.07, 6.45) is 4.17. The molecule has 0 aliphatic carbocycles. The highest BCUT2D eigenvalue weighted by atomic mass is 16.5. The molecule has 33 heavy (non-hydrogen) atoms. The first-order chi connectivity index (χ1) is 16.1. The van der Waals surface area contributed by atoms with Crippen LogP contribution in [0.2, 0.25) is 0 Å². The summed E-state index contributed by atoms with van der Waals surface area (Å²) in [4.78, 5) is 33.3. The number of fused-ring (bicyclic) bond motifs is 1. The lowest BCUT2D eigenvalue weighted by Crippen LogP contribution is -2.32. The number of aliphatic imine (C=N–C) groups is 1. The van der Waals surface area contributed by atoms with Crippen molar-refractivity contribution in [3.8, 4) is 11.3 Å². The van der Waals surface area contributed by atoms with E-state index in [1.54, 1.807) is 37.7 Å². The Bertz CT molecular complexity index is 1350. The van der Waals surface area contributed by atoms with Crippen molar-refractivity contribution in [3.05, 3.63) is 77.2 Å². The zero-order chi connectivity index (χ0) is 22.8. The molecule has 166 valence electrons.